The maximum absolute atomic E-state index is 11.1. The number of thiol groups is 1. The van der Waals surface area contributed by atoms with Crippen molar-refractivity contribution in [2.45, 2.75) is 50.1 Å². The quantitative estimate of drug-likeness (QED) is 0.295. The topological polar surface area (TPSA) is 104 Å². The van der Waals surface area contributed by atoms with Crippen molar-refractivity contribution < 1.29 is 37.4 Å². The molecular weight excluding hydrogens is 408 g/mol. The third-order valence-corrected chi connectivity index (χ3v) is 6.31. The minimum absolute atomic E-state index is 0.0475. The van der Waals surface area contributed by atoms with Crippen LogP contribution < -0.4 is 0 Å². The fourth-order valence-electron chi connectivity index (χ4n) is 2.68. The minimum atomic E-state index is -3.98. The molecule has 25 heavy (non-hydrogen) atoms. The van der Waals surface area contributed by atoms with E-state index < -0.39 is 31.7 Å². The van der Waals surface area contributed by atoms with Crippen molar-refractivity contribution in [2.75, 3.05) is 13.2 Å². The van der Waals surface area contributed by atoms with Crippen molar-refractivity contribution in [1.29, 1.82) is 0 Å². The lowest BCUT2D eigenvalue weighted by Crippen LogP contribution is -2.29. The Morgan fingerprint density at radius 1 is 1.16 bits per heavy atom. The fourth-order valence-corrected chi connectivity index (χ4v) is 4.70. The van der Waals surface area contributed by atoms with Gasteiger partial charge < -0.3 is 28.3 Å². The second kappa shape index (κ2) is 9.05. The van der Waals surface area contributed by atoms with Gasteiger partial charge in [0.25, 0.3) is 0 Å². The molecule has 2 saturated heterocycles. The summed E-state index contributed by atoms with van der Waals surface area (Å²) in [6.07, 6.45) is -0.886. The molecule has 0 aromatic carbocycles. The highest BCUT2D eigenvalue weighted by molar-refractivity contribution is 8.44. The number of ether oxygens (including phenoxy) is 2. The average molecular weight is 428 g/mol. The van der Waals surface area contributed by atoms with Gasteiger partial charge in [-0.2, -0.15) is 0 Å². The van der Waals surface area contributed by atoms with Crippen molar-refractivity contribution in [3.05, 3.63) is 0 Å². The first-order valence-corrected chi connectivity index (χ1v) is 13.0. The van der Waals surface area contributed by atoms with Crippen LogP contribution in [0, 0.1) is 5.92 Å². The second-order valence-electron chi connectivity index (χ2n) is 6.07. The van der Waals surface area contributed by atoms with Gasteiger partial charge in [-0.05, 0) is 30.6 Å². The molecule has 0 aliphatic carbocycles. The molecule has 2 heterocycles. The SMILES string of the molecule is [B][C@H]1C[C@H](OP(O)(=S)OC[C@H]2O[C@@H]([B])C[C@@H]2C)[C@@H](COP(=O)(O)S)O1. The summed E-state index contributed by atoms with van der Waals surface area (Å²) in [4.78, 5) is 19.3. The average Bonchev–Trinajstić information content (AvgIpc) is 2.95. The van der Waals surface area contributed by atoms with Crippen LogP contribution in [-0.2, 0) is 39.4 Å². The zero-order chi connectivity index (χ0) is 18.8. The molecule has 2 N–H and O–H groups in total. The Kier molecular flexibility index (Phi) is 8.10. The molecule has 2 rings (SSSR count). The molecule has 0 bridgehead atoms. The Labute approximate surface area is 160 Å². The van der Waals surface area contributed by atoms with Crippen LogP contribution in [0.15, 0.2) is 0 Å². The Bertz CT molecular complexity index is 552. The minimum Gasteiger partial charge on any atom is -0.382 e. The van der Waals surface area contributed by atoms with E-state index in [2.05, 4.69) is 12.2 Å². The highest BCUT2D eigenvalue weighted by Crippen LogP contribution is 2.50. The van der Waals surface area contributed by atoms with Gasteiger partial charge in [-0.1, -0.05) is 19.2 Å². The maximum atomic E-state index is 11.1. The summed E-state index contributed by atoms with van der Waals surface area (Å²) >= 11 is 8.43. The van der Waals surface area contributed by atoms with Crippen molar-refractivity contribution in [3.63, 3.8) is 0 Å². The lowest BCUT2D eigenvalue weighted by Gasteiger charge is -2.25. The summed E-state index contributed by atoms with van der Waals surface area (Å²) in [7, 11) is 11.4. The Balaban J connectivity index is 1.86. The molecule has 4 radical (unpaired) electrons. The maximum Gasteiger partial charge on any atom is 0.383 e. The number of hydrogen-bond donors (Lipinski definition) is 3. The molecular formula is C11H20B2O8P2S2. The number of hydrogen-bond acceptors (Lipinski definition) is 7. The molecule has 2 fully saturated rings. The van der Waals surface area contributed by atoms with Gasteiger partial charge >= 0.3 is 13.5 Å². The normalized spacial score (nSPS) is 40.6. The van der Waals surface area contributed by atoms with Gasteiger partial charge in [-0.15, -0.1) is 0 Å². The predicted molar refractivity (Wildman–Crippen MR) is 99.3 cm³/mol. The molecule has 0 aromatic heterocycles. The third-order valence-electron chi connectivity index (χ3n) is 3.89. The Hall–Kier alpha value is 1.08. The van der Waals surface area contributed by atoms with Crippen LogP contribution in [-0.4, -0.2) is 69.0 Å². The van der Waals surface area contributed by atoms with Crippen molar-refractivity contribution in [1.82, 2.24) is 0 Å². The van der Waals surface area contributed by atoms with Gasteiger partial charge in [-0.25, -0.2) is 4.57 Å². The standard InChI is InChI=1S/C11H20B2O8P2S2/c1-6-2-10(12)19-8(6)4-18-23(16,25)21-7-3-11(13)20-9(7)5-17-22(14,15)24/h6-11H,2-5H2,1H3,(H,16,25)(H2,14,15,24)/t6-,7-,8+,9+,10+,11+,23?/m0/s1. The van der Waals surface area contributed by atoms with Gasteiger partial charge in [0.2, 0.25) is 0 Å². The van der Waals surface area contributed by atoms with Crippen LogP contribution in [0.5, 0.6) is 0 Å². The van der Waals surface area contributed by atoms with Gasteiger partial charge in [0.15, 0.2) is 0 Å². The first-order chi connectivity index (χ1) is 11.5. The highest BCUT2D eigenvalue weighted by Gasteiger charge is 2.39. The molecule has 140 valence electrons. The first kappa shape index (κ1) is 22.4. The van der Waals surface area contributed by atoms with E-state index in [1.165, 1.54) is 0 Å². The van der Waals surface area contributed by atoms with Crippen LogP contribution in [0.3, 0.4) is 0 Å². The summed E-state index contributed by atoms with van der Waals surface area (Å²) in [5.74, 6) is 0.170. The second-order valence-corrected chi connectivity index (χ2v) is 11.6. The molecule has 0 aromatic rings. The van der Waals surface area contributed by atoms with Crippen LogP contribution in [0.1, 0.15) is 19.8 Å². The van der Waals surface area contributed by atoms with E-state index in [1.54, 1.807) is 0 Å². The van der Waals surface area contributed by atoms with E-state index in [9.17, 15) is 9.46 Å². The molecule has 0 amide bonds. The molecule has 0 spiro atoms. The van der Waals surface area contributed by atoms with E-state index in [4.69, 9.17) is 55.4 Å². The summed E-state index contributed by atoms with van der Waals surface area (Å²) in [5, 5.41) is 0. The largest absolute Gasteiger partial charge is 0.383 e. The molecule has 2 aliphatic rings. The third kappa shape index (κ3) is 7.54. The van der Waals surface area contributed by atoms with E-state index >= 15 is 0 Å². The lowest BCUT2D eigenvalue weighted by molar-refractivity contribution is -0.00390. The molecule has 0 saturated carbocycles. The Morgan fingerprint density at radius 3 is 2.28 bits per heavy atom. The van der Waals surface area contributed by atoms with E-state index in [-0.39, 0.29) is 37.7 Å². The lowest BCUT2D eigenvalue weighted by atomic mass is 9.92. The molecule has 8 nitrogen and oxygen atoms in total. The van der Waals surface area contributed by atoms with Gasteiger partial charge in [0.05, 0.1) is 25.4 Å². The molecule has 2 unspecified atom stereocenters. The van der Waals surface area contributed by atoms with E-state index in [0.29, 0.717) is 6.42 Å². The van der Waals surface area contributed by atoms with Crippen molar-refractivity contribution in [3.8, 4) is 0 Å². The van der Waals surface area contributed by atoms with Crippen molar-refractivity contribution >= 4 is 53.3 Å². The Morgan fingerprint density at radius 2 is 1.72 bits per heavy atom. The van der Waals surface area contributed by atoms with E-state index in [0.717, 1.165) is 0 Å². The molecule has 14 heteroatoms. The number of rotatable bonds is 8. The van der Waals surface area contributed by atoms with E-state index in [1.807, 2.05) is 6.92 Å². The summed E-state index contributed by atoms with van der Waals surface area (Å²) in [5.41, 5.74) is 0. The predicted octanol–water partition coefficient (Wildman–Crippen LogP) is 0.855. The molecule has 8 atom stereocenters. The highest BCUT2D eigenvalue weighted by atomic mass is 32.7. The smallest absolute Gasteiger partial charge is 0.382 e. The summed E-state index contributed by atoms with van der Waals surface area (Å²) in [6, 6.07) is -1.04. The van der Waals surface area contributed by atoms with Crippen LogP contribution >= 0.6 is 25.8 Å². The van der Waals surface area contributed by atoms with Gasteiger partial charge in [0, 0.05) is 12.0 Å². The monoisotopic (exact) mass is 428 g/mol. The summed E-state index contributed by atoms with van der Waals surface area (Å²) in [6.45, 7) is -5.85. The van der Waals surface area contributed by atoms with Gasteiger partial charge in [-0.3, -0.25) is 4.52 Å². The van der Waals surface area contributed by atoms with Crippen LogP contribution in [0.4, 0.5) is 0 Å². The van der Waals surface area contributed by atoms with Crippen LogP contribution in [0.2, 0.25) is 0 Å². The fraction of sp³-hybridized carbons (Fsp3) is 1.00. The molecule has 2 aliphatic heterocycles. The first-order valence-electron chi connectivity index (χ1n) is 7.63. The van der Waals surface area contributed by atoms with Crippen molar-refractivity contribution in [2.24, 2.45) is 5.92 Å². The van der Waals surface area contributed by atoms with Gasteiger partial charge in [0.1, 0.15) is 21.8 Å². The zero-order valence-electron chi connectivity index (χ0n) is 13.5. The zero-order valence-corrected chi connectivity index (χ0v) is 17.0. The van der Waals surface area contributed by atoms with Crippen LogP contribution in [0.25, 0.3) is 0 Å². The summed E-state index contributed by atoms with van der Waals surface area (Å²) < 4.78 is 37.5.